The Bertz CT molecular complexity index is 1310. The highest BCUT2D eigenvalue weighted by Crippen LogP contribution is 2.33. The molecule has 1 amide bonds. The van der Waals surface area contributed by atoms with Crippen LogP contribution in [0.15, 0.2) is 68.4 Å². The molecule has 0 atom stereocenters. The first-order valence-corrected chi connectivity index (χ1v) is 10.2. The molecule has 4 rings (SSSR count). The molecule has 2 aromatic carbocycles. The third kappa shape index (κ3) is 4.48. The van der Waals surface area contributed by atoms with Crippen molar-refractivity contribution in [2.24, 2.45) is 0 Å². The number of carbonyl (C=O) groups excluding carboxylic acids is 1. The average Bonchev–Trinajstić information content (AvgIpc) is 3.32. The monoisotopic (exact) mass is 453 g/mol. The van der Waals surface area contributed by atoms with Crippen LogP contribution in [-0.2, 0) is 11.3 Å². The van der Waals surface area contributed by atoms with E-state index in [0.717, 1.165) is 5.56 Å². The van der Waals surface area contributed by atoms with Crippen LogP contribution in [-0.4, -0.2) is 19.6 Å². The van der Waals surface area contributed by atoms with E-state index in [2.05, 4.69) is 5.32 Å². The first-order chi connectivity index (χ1) is 15.5. The van der Waals surface area contributed by atoms with Gasteiger partial charge in [-0.15, -0.1) is 0 Å². The van der Waals surface area contributed by atoms with E-state index in [-0.39, 0.29) is 30.0 Å². The number of amides is 1. The zero-order valence-corrected chi connectivity index (χ0v) is 18.2. The topological polar surface area (TPSA) is 90.9 Å². The van der Waals surface area contributed by atoms with Crippen molar-refractivity contribution >= 4 is 28.5 Å². The number of benzene rings is 2. The molecular weight excluding hydrogens is 434 g/mol. The van der Waals surface area contributed by atoms with Gasteiger partial charge in [-0.3, -0.25) is 9.59 Å². The molecule has 32 heavy (non-hydrogen) atoms. The van der Waals surface area contributed by atoms with E-state index in [4.69, 9.17) is 29.9 Å². The Hall–Kier alpha value is -3.71. The first kappa shape index (κ1) is 21.5. The zero-order valence-electron chi connectivity index (χ0n) is 17.4. The molecule has 0 aliphatic rings. The number of hydrogen-bond donors (Lipinski definition) is 1. The van der Waals surface area contributed by atoms with Gasteiger partial charge in [-0.25, -0.2) is 0 Å². The highest BCUT2D eigenvalue weighted by Gasteiger charge is 2.20. The number of halogens is 1. The minimum Gasteiger partial charge on any atom is -0.497 e. The summed E-state index contributed by atoms with van der Waals surface area (Å²) >= 11 is 6.21. The summed E-state index contributed by atoms with van der Waals surface area (Å²) in [4.78, 5) is 25.5. The van der Waals surface area contributed by atoms with Gasteiger partial charge in [0.05, 0.1) is 25.3 Å². The third-order valence-electron chi connectivity index (χ3n) is 4.87. The number of ether oxygens (including phenoxy) is 2. The van der Waals surface area contributed by atoms with E-state index in [1.807, 2.05) is 6.92 Å². The molecule has 0 aliphatic carbocycles. The quantitative estimate of drug-likeness (QED) is 0.435. The summed E-state index contributed by atoms with van der Waals surface area (Å²) in [5, 5.41) is 3.38. The van der Waals surface area contributed by atoms with Crippen molar-refractivity contribution in [3.63, 3.8) is 0 Å². The van der Waals surface area contributed by atoms with Gasteiger partial charge in [0.2, 0.25) is 11.2 Å². The molecule has 164 valence electrons. The maximum absolute atomic E-state index is 13.3. The third-order valence-corrected chi connectivity index (χ3v) is 5.28. The van der Waals surface area contributed by atoms with Gasteiger partial charge in [0, 0.05) is 10.6 Å². The lowest BCUT2D eigenvalue weighted by molar-refractivity contribution is -0.123. The number of nitrogens with one attached hydrogen (secondary N) is 1. The van der Waals surface area contributed by atoms with Gasteiger partial charge in [0.15, 0.2) is 12.4 Å². The van der Waals surface area contributed by atoms with Crippen LogP contribution in [0.1, 0.15) is 11.3 Å². The fourth-order valence-corrected chi connectivity index (χ4v) is 3.31. The fraction of sp³-hybridized carbons (Fsp3) is 0.167. The maximum atomic E-state index is 13.3. The first-order valence-electron chi connectivity index (χ1n) is 9.79. The van der Waals surface area contributed by atoms with Crippen molar-refractivity contribution in [3.05, 3.63) is 81.4 Å². The number of aryl methyl sites for hydroxylation is 1. The van der Waals surface area contributed by atoms with Crippen molar-refractivity contribution in [2.45, 2.75) is 13.5 Å². The van der Waals surface area contributed by atoms with E-state index >= 15 is 0 Å². The summed E-state index contributed by atoms with van der Waals surface area (Å²) in [6.45, 7) is 1.66. The lowest BCUT2D eigenvalue weighted by atomic mass is 10.1. The molecule has 0 saturated carbocycles. The summed E-state index contributed by atoms with van der Waals surface area (Å²) in [5.41, 5.74) is 1.33. The van der Waals surface area contributed by atoms with Crippen LogP contribution >= 0.6 is 11.6 Å². The predicted octanol–water partition coefficient (Wildman–Crippen LogP) is 4.72. The largest absolute Gasteiger partial charge is 0.497 e. The average molecular weight is 454 g/mol. The Labute approximate surface area is 188 Å². The SMILES string of the molecule is COc1ccc(-c2oc3cc(C)c(Cl)cc3c(=O)c2OCC(=O)NCc2ccco2)cc1. The van der Waals surface area contributed by atoms with Gasteiger partial charge in [-0.05, 0) is 61.0 Å². The molecular formula is C24H20ClNO6. The molecule has 0 saturated heterocycles. The van der Waals surface area contributed by atoms with Gasteiger partial charge in [0.1, 0.15) is 17.1 Å². The van der Waals surface area contributed by atoms with E-state index < -0.39 is 11.3 Å². The van der Waals surface area contributed by atoms with Gasteiger partial charge in [0.25, 0.3) is 5.91 Å². The second-order valence-corrected chi connectivity index (χ2v) is 7.47. The number of fused-ring (bicyclic) bond motifs is 1. The molecule has 0 aliphatic heterocycles. The van der Waals surface area contributed by atoms with Crippen LogP contribution in [0.3, 0.4) is 0 Å². The van der Waals surface area contributed by atoms with Crippen molar-refractivity contribution in [1.29, 1.82) is 0 Å². The Morgan fingerprint density at radius 1 is 1.16 bits per heavy atom. The summed E-state index contributed by atoms with van der Waals surface area (Å²) in [6, 6.07) is 13.7. The van der Waals surface area contributed by atoms with Crippen LogP contribution in [0.4, 0.5) is 0 Å². The molecule has 7 nitrogen and oxygen atoms in total. The van der Waals surface area contributed by atoms with E-state index in [1.54, 1.807) is 55.6 Å². The second-order valence-electron chi connectivity index (χ2n) is 7.06. The Balaban J connectivity index is 1.69. The van der Waals surface area contributed by atoms with Crippen LogP contribution in [0.2, 0.25) is 5.02 Å². The molecule has 0 fully saturated rings. The maximum Gasteiger partial charge on any atom is 0.258 e. The van der Waals surface area contributed by atoms with Crippen molar-refractivity contribution in [2.75, 3.05) is 13.7 Å². The Morgan fingerprint density at radius 3 is 2.62 bits per heavy atom. The number of rotatable bonds is 7. The molecule has 1 N–H and O–H groups in total. The fourth-order valence-electron chi connectivity index (χ4n) is 3.15. The predicted molar refractivity (Wildman–Crippen MR) is 120 cm³/mol. The van der Waals surface area contributed by atoms with Crippen LogP contribution in [0, 0.1) is 6.92 Å². The van der Waals surface area contributed by atoms with Gasteiger partial charge < -0.3 is 23.6 Å². The highest BCUT2D eigenvalue weighted by atomic mass is 35.5. The smallest absolute Gasteiger partial charge is 0.258 e. The van der Waals surface area contributed by atoms with E-state index in [9.17, 15) is 9.59 Å². The normalized spacial score (nSPS) is 10.8. The lowest BCUT2D eigenvalue weighted by Crippen LogP contribution is -2.29. The molecule has 0 unspecified atom stereocenters. The number of carbonyl (C=O) groups is 1. The molecule has 2 aromatic heterocycles. The second kappa shape index (κ2) is 9.20. The van der Waals surface area contributed by atoms with Gasteiger partial charge >= 0.3 is 0 Å². The van der Waals surface area contributed by atoms with Gasteiger partial charge in [-0.2, -0.15) is 0 Å². The van der Waals surface area contributed by atoms with Crippen LogP contribution in [0.5, 0.6) is 11.5 Å². The van der Waals surface area contributed by atoms with Gasteiger partial charge in [-0.1, -0.05) is 11.6 Å². The summed E-state index contributed by atoms with van der Waals surface area (Å²) in [7, 11) is 1.56. The van der Waals surface area contributed by atoms with E-state index in [1.165, 1.54) is 6.26 Å². The molecule has 0 spiro atoms. The van der Waals surface area contributed by atoms with Crippen LogP contribution < -0.4 is 20.2 Å². The lowest BCUT2D eigenvalue weighted by Gasteiger charge is -2.13. The summed E-state index contributed by atoms with van der Waals surface area (Å²) < 4.78 is 22.1. The van der Waals surface area contributed by atoms with Crippen molar-refractivity contribution in [3.8, 4) is 22.8 Å². The molecule has 8 heteroatoms. The number of furan rings is 1. The molecule has 0 bridgehead atoms. The van der Waals surface area contributed by atoms with Crippen molar-refractivity contribution in [1.82, 2.24) is 5.32 Å². The summed E-state index contributed by atoms with van der Waals surface area (Å²) in [5.74, 6) is 0.983. The minimum atomic E-state index is -0.419. The summed E-state index contributed by atoms with van der Waals surface area (Å²) in [6.07, 6.45) is 1.52. The number of hydrogen-bond acceptors (Lipinski definition) is 6. The molecule has 2 heterocycles. The molecule has 4 aromatic rings. The standard InChI is InChI=1S/C24H20ClNO6/c1-14-10-20-18(11-19(14)25)22(28)24(23(32-20)15-5-7-16(29-2)8-6-15)31-13-21(27)26-12-17-4-3-9-30-17/h3-11H,12-13H2,1-2H3,(H,26,27). The Morgan fingerprint density at radius 2 is 1.94 bits per heavy atom. The Kier molecular flexibility index (Phi) is 6.18. The number of methoxy groups -OCH3 is 1. The zero-order chi connectivity index (χ0) is 22.7. The van der Waals surface area contributed by atoms with Crippen molar-refractivity contribution < 1.29 is 23.1 Å². The van der Waals surface area contributed by atoms with E-state index in [0.29, 0.717) is 27.7 Å². The highest BCUT2D eigenvalue weighted by molar-refractivity contribution is 6.32. The minimum absolute atomic E-state index is 0.0734. The van der Waals surface area contributed by atoms with Crippen LogP contribution in [0.25, 0.3) is 22.3 Å². The molecule has 0 radical (unpaired) electrons.